The van der Waals surface area contributed by atoms with E-state index in [1.807, 2.05) is 15.8 Å². The number of aryl methyl sites for hydroxylation is 1. The molecular formula is C15H26N4O. The Morgan fingerprint density at radius 2 is 2.20 bits per heavy atom. The van der Waals surface area contributed by atoms with Crippen LogP contribution < -0.4 is 5.32 Å². The summed E-state index contributed by atoms with van der Waals surface area (Å²) in [6.45, 7) is 9.68. The third-order valence-electron chi connectivity index (χ3n) is 4.04. The minimum absolute atomic E-state index is 0.207. The fourth-order valence-corrected chi connectivity index (χ4v) is 2.73. The topological polar surface area (TPSA) is 50.2 Å². The lowest BCUT2D eigenvalue weighted by molar-refractivity contribution is -0.130. The number of nitrogens with one attached hydrogen (secondary N) is 1. The fourth-order valence-electron chi connectivity index (χ4n) is 2.73. The van der Waals surface area contributed by atoms with Gasteiger partial charge in [0, 0.05) is 32.3 Å². The lowest BCUT2D eigenvalue weighted by Crippen LogP contribution is -2.41. The summed E-state index contributed by atoms with van der Waals surface area (Å²) in [5.41, 5.74) is 1.20. The normalized spacial score (nSPS) is 18.2. The average molecular weight is 278 g/mol. The van der Waals surface area contributed by atoms with Crippen molar-refractivity contribution < 1.29 is 4.79 Å². The molecule has 1 amide bonds. The third kappa shape index (κ3) is 4.34. The van der Waals surface area contributed by atoms with E-state index in [1.165, 1.54) is 5.56 Å². The molecule has 1 saturated heterocycles. The number of carbonyl (C=O) groups excluding carboxylic acids is 1. The van der Waals surface area contributed by atoms with Crippen LogP contribution in [0.15, 0.2) is 12.4 Å². The molecule has 0 spiro atoms. The van der Waals surface area contributed by atoms with Crippen LogP contribution in [0.1, 0.15) is 32.3 Å². The van der Waals surface area contributed by atoms with E-state index in [0.29, 0.717) is 12.0 Å². The molecule has 2 rings (SSSR count). The molecule has 1 aromatic heterocycles. The maximum absolute atomic E-state index is 11.3. The first-order valence-electron chi connectivity index (χ1n) is 7.52. The van der Waals surface area contributed by atoms with Gasteiger partial charge in [-0.1, -0.05) is 0 Å². The molecule has 1 aliphatic heterocycles. The molecule has 1 N–H and O–H groups in total. The molecule has 20 heavy (non-hydrogen) atoms. The summed E-state index contributed by atoms with van der Waals surface area (Å²) in [5, 5.41) is 7.90. The Bertz CT molecular complexity index is 435. The zero-order valence-electron chi connectivity index (χ0n) is 12.8. The SMILES string of the molecule is CC(=O)N1CCC(CN[C@H](C)Cn2cc(C)cn2)CC1. The van der Waals surface area contributed by atoms with Crippen LogP contribution >= 0.6 is 0 Å². The first-order valence-corrected chi connectivity index (χ1v) is 7.52. The van der Waals surface area contributed by atoms with Crippen molar-refractivity contribution in [3.05, 3.63) is 18.0 Å². The number of hydrogen-bond donors (Lipinski definition) is 1. The van der Waals surface area contributed by atoms with E-state index in [-0.39, 0.29) is 5.91 Å². The standard InChI is InChI=1S/C15H26N4O/c1-12-8-17-19(10-12)11-13(2)16-9-15-4-6-18(7-5-15)14(3)20/h8,10,13,15-16H,4-7,9,11H2,1-3H3/t13-/m1/s1. The fraction of sp³-hybridized carbons (Fsp3) is 0.733. The molecule has 0 aromatic carbocycles. The van der Waals surface area contributed by atoms with Crippen LogP contribution in [0, 0.1) is 12.8 Å². The molecule has 0 radical (unpaired) electrons. The van der Waals surface area contributed by atoms with E-state index in [0.717, 1.165) is 39.0 Å². The maximum atomic E-state index is 11.3. The molecule has 1 aliphatic rings. The molecule has 1 atom stereocenters. The highest BCUT2D eigenvalue weighted by Gasteiger charge is 2.20. The van der Waals surface area contributed by atoms with Crippen LogP contribution in [-0.2, 0) is 11.3 Å². The molecule has 1 aromatic rings. The summed E-state index contributed by atoms with van der Waals surface area (Å²) in [7, 11) is 0. The van der Waals surface area contributed by atoms with Crippen LogP contribution in [0.25, 0.3) is 0 Å². The molecule has 5 heteroatoms. The van der Waals surface area contributed by atoms with Crippen LogP contribution in [0.2, 0.25) is 0 Å². The van der Waals surface area contributed by atoms with Gasteiger partial charge in [-0.2, -0.15) is 5.10 Å². The average Bonchev–Trinajstić information content (AvgIpc) is 2.82. The largest absolute Gasteiger partial charge is 0.343 e. The number of piperidine rings is 1. The van der Waals surface area contributed by atoms with Crippen molar-refractivity contribution in [3.63, 3.8) is 0 Å². The van der Waals surface area contributed by atoms with Crippen molar-refractivity contribution in [2.75, 3.05) is 19.6 Å². The van der Waals surface area contributed by atoms with Crippen molar-refractivity contribution in [2.24, 2.45) is 5.92 Å². The number of amides is 1. The molecule has 2 heterocycles. The van der Waals surface area contributed by atoms with E-state index < -0.39 is 0 Å². The van der Waals surface area contributed by atoms with Gasteiger partial charge in [-0.25, -0.2) is 0 Å². The van der Waals surface area contributed by atoms with Gasteiger partial charge in [-0.3, -0.25) is 9.48 Å². The third-order valence-corrected chi connectivity index (χ3v) is 4.04. The van der Waals surface area contributed by atoms with Gasteiger partial charge >= 0.3 is 0 Å². The number of rotatable bonds is 5. The Morgan fingerprint density at radius 1 is 1.50 bits per heavy atom. The van der Waals surface area contributed by atoms with Gasteiger partial charge in [-0.05, 0) is 44.7 Å². The van der Waals surface area contributed by atoms with Crippen molar-refractivity contribution in [1.82, 2.24) is 20.0 Å². The summed E-state index contributed by atoms with van der Waals surface area (Å²) in [4.78, 5) is 13.2. The van der Waals surface area contributed by atoms with E-state index in [1.54, 1.807) is 6.92 Å². The van der Waals surface area contributed by atoms with Crippen molar-refractivity contribution in [2.45, 2.75) is 46.2 Å². The number of nitrogens with zero attached hydrogens (tertiary/aromatic N) is 3. The van der Waals surface area contributed by atoms with Gasteiger partial charge < -0.3 is 10.2 Å². The van der Waals surface area contributed by atoms with Gasteiger partial charge in [0.1, 0.15) is 0 Å². The summed E-state index contributed by atoms with van der Waals surface area (Å²) in [6.07, 6.45) is 6.19. The zero-order chi connectivity index (χ0) is 14.5. The Hall–Kier alpha value is -1.36. The highest BCUT2D eigenvalue weighted by Crippen LogP contribution is 2.16. The van der Waals surface area contributed by atoms with E-state index in [2.05, 4.69) is 30.5 Å². The van der Waals surface area contributed by atoms with Gasteiger partial charge in [-0.15, -0.1) is 0 Å². The summed E-state index contributed by atoms with van der Waals surface area (Å²) < 4.78 is 1.99. The highest BCUT2D eigenvalue weighted by atomic mass is 16.2. The zero-order valence-corrected chi connectivity index (χ0v) is 12.8. The predicted octanol–water partition coefficient (Wildman–Crippen LogP) is 1.43. The first-order chi connectivity index (χ1) is 9.54. The minimum Gasteiger partial charge on any atom is -0.343 e. The monoisotopic (exact) mass is 278 g/mol. The molecule has 112 valence electrons. The molecule has 0 unspecified atom stereocenters. The Kier molecular flexibility index (Phi) is 5.17. The quantitative estimate of drug-likeness (QED) is 0.886. The highest BCUT2D eigenvalue weighted by molar-refractivity contribution is 5.73. The molecule has 0 bridgehead atoms. The Labute approximate surface area is 121 Å². The van der Waals surface area contributed by atoms with Crippen molar-refractivity contribution >= 4 is 5.91 Å². The Balaban J connectivity index is 1.66. The minimum atomic E-state index is 0.207. The lowest BCUT2D eigenvalue weighted by Gasteiger charge is -2.32. The number of likely N-dealkylation sites (tertiary alicyclic amines) is 1. The molecule has 0 aliphatic carbocycles. The molecule has 0 saturated carbocycles. The first kappa shape index (κ1) is 15.0. The van der Waals surface area contributed by atoms with Crippen LogP contribution in [-0.4, -0.2) is 46.3 Å². The number of carbonyl (C=O) groups is 1. The maximum Gasteiger partial charge on any atom is 0.219 e. The second-order valence-corrected chi connectivity index (χ2v) is 6.00. The molecule has 5 nitrogen and oxygen atoms in total. The smallest absolute Gasteiger partial charge is 0.219 e. The summed E-state index contributed by atoms with van der Waals surface area (Å²) in [6, 6.07) is 0.417. The van der Waals surface area contributed by atoms with E-state index in [4.69, 9.17) is 0 Å². The summed E-state index contributed by atoms with van der Waals surface area (Å²) >= 11 is 0. The number of hydrogen-bond acceptors (Lipinski definition) is 3. The Morgan fingerprint density at radius 3 is 2.75 bits per heavy atom. The van der Waals surface area contributed by atoms with Gasteiger partial charge in [0.2, 0.25) is 5.91 Å². The van der Waals surface area contributed by atoms with E-state index >= 15 is 0 Å². The second-order valence-electron chi connectivity index (χ2n) is 6.00. The summed E-state index contributed by atoms with van der Waals surface area (Å²) in [5.74, 6) is 0.895. The van der Waals surface area contributed by atoms with Crippen LogP contribution in [0.3, 0.4) is 0 Å². The van der Waals surface area contributed by atoms with Gasteiger partial charge in [0.25, 0.3) is 0 Å². The molecular weight excluding hydrogens is 252 g/mol. The van der Waals surface area contributed by atoms with Gasteiger partial charge in [0.15, 0.2) is 0 Å². The lowest BCUT2D eigenvalue weighted by atomic mass is 9.96. The number of aromatic nitrogens is 2. The van der Waals surface area contributed by atoms with Crippen molar-refractivity contribution in [1.29, 1.82) is 0 Å². The van der Waals surface area contributed by atoms with Crippen LogP contribution in [0.5, 0.6) is 0 Å². The predicted molar refractivity (Wildman–Crippen MR) is 79.4 cm³/mol. The second kappa shape index (κ2) is 6.88. The molecule has 1 fully saturated rings. The van der Waals surface area contributed by atoms with Crippen LogP contribution in [0.4, 0.5) is 0 Å². The van der Waals surface area contributed by atoms with Gasteiger partial charge in [0.05, 0.1) is 12.7 Å². The van der Waals surface area contributed by atoms with Crippen molar-refractivity contribution in [3.8, 4) is 0 Å². The van der Waals surface area contributed by atoms with E-state index in [9.17, 15) is 4.79 Å².